The predicted octanol–water partition coefficient (Wildman–Crippen LogP) is 9.13. The van der Waals surface area contributed by atoms with Gasteiger partial charge in [0.25, 0.3) is 0 Å². The average Bonchev–Trinajstić information content (AvgIpc) is 1.50. The molecule has 620 valence electrons. The number of amides is 8. The molecule has 2 aromatic heterocycles. The number of anilines is 2. The highest BCUT2D eigenvalue weighted by Crippen LogP contribution is 2.44. The van der Waals surface area contributed by atoms with E-state index >= 15 is 0 Å². The van der Waals surface area contributed by atoms with Gasteiger partial charge in [0.05, 0.1) is 48.9 Å². The Morgan fingerprint density at radius 2 is 0.819 bits per heavy atom. The van der Waals surface area contributed by atoms with Crippen LogP contribution in [0.2, 0.25) is 0 Å². The molecule has 0 radical (unpaired) electrons. The Bertz CT molecular complexity index is 4580. The number of benzene rings is 4. The summed E-state index contributed by atoms with van der Waals surface area (Å²) >= 11 is 0. The van der Waals surface area contributed by atoms with Crippen molar-refractivity contribution in [3.8, 4) is 45.0 Å². The Balaban J connectivity index is 0.000000265. The van der Waals surface area contributed by atoms with E-state index in [0.29, 0.717) is 99.5 Å². The summed E-state index contributed by atoms with van der Waals surface area (Å²) in [4.78, 5) is 183. The normalized spacial score (nSPS) is 15.4. The van der Waals surface area contributed by atoms with E-state index in [2.05, 4.69) is 41.9 Å². The number of nitrogens with one attached hydrogen (secondary N) is 4. The number of aliphatic carboxylic acids is 2. The van der Waals surface area contributed by atoms with E-state index in [-0.39, 0.29) is 192 Å². The molecule has 0 bridgehead atoms. The minimum Gasteiger partial charge on any atom is -0.480 e. The van der Waals surface area contributed by atoms with Gasteiger partial charge >= 0.3 is 11.9 Å². The number of carbonyl (C=O) groups excluding carboxylic acids is 12. The molecule has 30 nitrogen and oxygen atoms in total. The zero-order valence-electron chi connectivity index (χ0n) is 67.7. The highest BCUT2D eigenvalue weighted by atomic mass is 16.4. The third kappa shape index (κ3) is 24.0. The third-order valence-electron chi connectivity index (χ3n) is 21.2. The fraction of sp³-hybridized carbons (Fsp3) is 0.512. The van der Waals surface area contributed by atoms with Gasteiger partial charge in [0.15, 0.2) is 11.6 Å². The molecule has 6 aromatic rings. The number of carboxylic acids is 2. The molecular formula is C86H110N14O16. The molecule has 0 aliphatic carbocycles. The van der Waals surface area contributed by atoms with Crippen molar-refractivity contribution in [3.63, 3.8) is 0 Å². The molecule has 30 heteroatoms. The molecule has 4 aromatic carbocycles. The SMILES string of the molecule is CC(C)CC(=O)Cn1nnc2c1-c1ccccc1CN(C(=O)CCCC(=O)CNCCCCC(NC(=O)CCN1C(=O)CC(C(C)C)C1=O)C(=O)O)c1ccccc1-2.CC(C)CC(=O)Cn1nnc2c1-c1ccccc1N(C(=O)CCCC(=O)CNCCCCC(NC(=O)CCN1C(=O)CC(C(C)C)C1=O)C(=O)O)Cc1ccccc1-2. The minimum absolute atomic E-state index is 0.00944. The smallest absolute Gasteiger partial charge is 0.326 e. The Morgan fingerprint density at radius 1 is 0.440 bits per heavy atom. The average molecular weight is 1600 g/mol. The highest BCUT2D eigenvalue weighted by molar-refractivity contribution is 6.06. The Labute approximate surface area is 676 Å². The molecule has 0 saturated carbocycles. The Kier molecular flexibility index (Phi) is 32.5. The van der Waals surface area contributed by atoms with E-state index in [1.54, 1.807) is 19.2 Å². The maximum Gasteiger partial charge on any atom is 0.326 e. The first-order valence-corrected chi connectivity index (χ1v) is 40.5. The van der Waals surface area contributed by atoms with Crippen LogP contribution in [0.5, 0.6) is 0 Å². The number of unbranched alkanes of at least 4 members (excludes halogenated alkanes) is 2. The molecule has 116 heavy (non-hydrogen) atoms. The van der Waals surface area contributed by atoms with E-state index in [1.165, 1.54) is 0 Å². The Hall–Kier alpha value is -11.1. The fourth-order valence-corrected chi connectivity index (χ4v) is 15.0. The molecule has 8 amide bonds. The van der Waals surface area contributed by atoms with Crippen LogP contribution in [-0.2, 0) is 93.3 Å². The van der Waals surface area contributed by atoms with Crippen molar-refractivity contribution in [1.29, 1.82) is 0 Å². The van der Waals surface area contributed by atoms with Gasteiger partial charge in [0.1, 0.15) is 48.1 Å². The summed E-state index contributed by atoms with van der Waals surface area (Å²) in [6.45, 7) is 17.2. The van der Waals surface area contributed by atoms with Crippen LogP contribution >= 0.6 is 0 Å². The number of Topliss-reactive ketones (excluding diaryl/α,β-unsaturated/α-hetero) is 4. The number of aromatic nitrogens is 6. The zero-order valence-corrected chi connectivity index (χ0v) is 67.7. The van der Waals surface area contributed by atoms with Gasteiger partial charge in [-0.25, -0.2) is 19.0 Å². The monoisotopic (exact) mass is 1590 g/mol. The van der Waals surface area contributed by atoms with Gasteiger partial charge in [-0.15, -0.1) is 10.2 Å². The maximum absolute atomic E-state index is 13.9. The summed E-state index contributed by atoms with van der Waals surface area (Å²) in [6, 6.07) is 28.3. The van der Waals surface area contributed by atoms with Crippen LogP contribution in [0.15, 0.2) is 97.1 Å². The summed E-state index contributed by atoms with van der Waals surface area (Å²) in [5, 5.41) is 48.3. The number of rotatable bonds is 42. The number of fused-ring (bicyclic) bond motifs is 10. The van der Waals surface area contributed by atoms with Crippen molar-refractivity contribution >= 4 is 93.7 Å². The van der Waals surface area contributed by atoms with Gasteiger partial charge < -0.3 is 41.3 Å². The van der Waals surface area contributed by atoms with Crippen molar-refractivity contribution in [2.45, 2.75) is 209 Å². The largest absolute Gasteiger partial charge is 0.480 e. The van der Waals surface area contributed by atoms with Crippen LogP contribution in [0.3, 0.4) is 0 Å². The van der Waals surface area contributed by atoms with Crippen LogP contribution in [0.25, 0.3) is 45.0 Å². The molecular weight excluding hydrogens is 1490 g/mol. The van der Waals surface area contributed by atoms with Gasteiger partial charge in [-0.05, 0) is 111 Å². The highest BCUT2D eigenvalue weighted by Gasteiger charge is 2.42. The summed E-state index contributed by atoms with van der Waals surface area (Å²) in [5.41, 5.74) is 8.94. The lowest BCUT2D eigenvalue weighted by Crippen LogP contribution is -2.42. The minimum atomic E-state index is -1.18. The lowest BCUT2D eigenvalue weighted by Gasteiger charge is -2.28. The van der Waals surface area contributed by atoms with Crippen LogP contribution in [0.4, 0.5) is 11.4 Å². The molecule has 4 atom stereocenters. The lowest BCUT2D eigenvalue weighted by atomic mass is 9.94. The van der Waals surface area contributed by atoms with Gasteiger partial charge in [-0.1, -0.05) is 151 Å². The first kappa shape index (κ1) is 88.8. The first-order valence-electron chi connectivity index (χ1n) is 40.5. The van der Waals surface area contributed by atoms with E-state index in [4.69, 9.17) is 0 Å². The maximum atomic E-state index is 13.9. The topological polar surface area (TPSA) is 402 Å². The van der Waals surface area contributed by atoms with E-state index in [0.717, 1.165) is 48.9 Å². The molecule has 0 spiro atoms. The molecule has 2 saturated heterocycles. The number of hydrogen-bond donors (Lipinski definition) is 6. The number of para-hydroxylation sites is 2. The number of carbonyl (C=O) groups is 14. The third-order valence-corrected chi connectivity index (χ3v) is 21.2. The summed E-state index contributed by atoms with van der Waals surface area (Å²) in [7, 11) is 0. The standard InChI is InChI=1S/2C43H55N7O8/c1-27(2)22-31(52)26-50-41-32-14-6-5-12-29(32)25-49(36-17-8-7-15-33(36)40(41)46-47-50)38(54)18-11-13-30(51)24-44-20-10-9-16-35(43(57)58)45-37(53)19-21-48-39(55)23-34(28(3)4)42(48)56;1-27(2)22-31(52)26-50-41-33-15-7-8-17-36(33)49(25-29-12-5-6-14-32(29)40(41)46-47-50)38(54)18-11-13-30(51)24-44-20-10-9-16-35(43(57)58)45-37(53)19-21-48-39(55)23-34(28(3)4)42(48)56/h2*5-8,12,14-15,17,27-28,34-35,44H,9-11,13,16,18-26H2,1-4H3,(H,45,53)(H,57,58). The van der Waals surface area contributed by atoms with E-state index in [1.807, 2.05) is 152 Å². The van der Waals surface area contributed by atoms with Crippen LogP contribution in [0, 0.1) is 35.5 Å². The summed E-state index contributed by atoms with van der Waals surface area (Å²) in [6.07, 6.45) is 4.59. The van der Waals surface area contributed by atoms with Crippen molar-refractivity contribution in [2.75, 3.05) is 49.1 Å². The van der Waals surface area contributed by atoms with Crippen LogP contribution < -0.4 is 31.1 Å². The van der Waals surface area contributed by atoms with Crippen LogP contribution in [0.1, 0.15) is 182 Å². The second-order valence-electron chi connectivity index (χ2n) is 31.9. The van der Waals surface area contributed by atoms with Gasteiger partial charge in [0.2, 0.25) is 47.3 Å². The Morgan fingerprint density at radius 3 is 1.24 bits per heavy atom. The van der Waals surface area contributed by atoms with Gasteiger partial charge in [0, 0.05) is 111 Å². The molecule has 6 heterocycles. The van der Waals surface area contributed by atoms with Gasteiger partial charge in [-0.3, -0.25) is 67.3 Å². The number of ketones is 4. The quantitative estimate of drug-likeness (QED) is 0.0154. The number of carboxylic acid groups (broad SMARTS) is 2. The fourth-order valence-electron chi connectivity index (χ4n) is 15.0. The van der Waals surface area contributed by atoms with E-state index in [9.17, 15) is 77.3 Å². The number of hydrogen-bond acceptors (Lipinski definition) is 20. The molecule has 4 aliphatic rings. The van der Waals surface area contributed by atoms with Gasteiger partial charge in [-0.2, -0.15) is 0 Å². The predicted molar refractivity (Wildman–Crippen MR) is 432 cm³/mol. The second-order valence-corrected chi connectivity index (χ2v) is 31.9. The second kappa shape index (κ2) is 42.5. The van der Waals surface area contributed by atoms with E-state index < -0.39 is 47.7 Å². The van der Waals surface area contributed by atoms with Crippen molar-refractivity contribution in [1.82, 2.24) is 61.1 Å². The molecule has 6 N–H and O–H groups in total. The molecule has 2 fully saturated rings. The first-order chi connectivity index (χ1) is 55.5. The number of nitrogens with zero attached hydrogens (tertiary/aromatic N) is 10. The number of likely N-dealkylation sites (tertiary alicyclic amines) is 2. The van der Waals surface area contributed by atoms with Crippen molar-refractivity contribution < 1.29 is 77.3 Å². The van der Waals surface area contributed by atoms with Crippen LogP contribution in [-0.4, -0.2) is 184 Å². The zero-order chi connectivity index (χ0) is 83.9. The summed E-state index contributed by atoms with van der Waals surface area (Å²) < 4.78 is 3.29. The molecule has 4 aliphatic heterocycles. The molecule has 4 unspecified atom stereocenters. The van der Waals surface area contributed by atoms with Crippen molar-refractivity contribution in [3.05, 3.63) is 108 Å². The lowest BCUT2D eigenvalue weighted by molar-refractivity contribution is -0.143. The summed E-state index contributed by atoms with van der Waals surface area (Å²) in [5.74, 6) is -5.29. The van der Waals surface area contributed by atoms with Crippen molar-refractivity contribution in [2.24, 2.45) is 35.5 Å². The molecule has 10 rings (SSSR count). The number of imide groups is 2.